The highest BCUT2D eigenvalue weighted by Gasteiger charge is 2.31. The third-order valence-electron chi connectivity index (χ3n) is 4.42. The summed E-state index contributed by atoms with van der Waals surface area (Å²) in [5.74, 6) is -0.663. The van der Waals surface area contributed by atoms with E-state index in [-0.39, 0.29) is 5.91 Å². The molecule has 0 aliphatic carbocycles. The topological polar surface area (TPSA) is 66.8 Å². The first-order chi connectivity index (χ1) is 14.0. The van der Waals surface area contributed by atoms with Gasteiger partial charge in [-0.25, -0.2) is 4.79 Å². The number of ether oxygens (including phenoxy) is 1. The second-order valence-electron chi connectivity index (χ2n) is 6.49. The van der Waals surface area contributed by atoms with Gasteiger partial charge in [-0.3, -0.25) is 9.69 Å². The van der Waals surface area contributed by atoms with E-state index >= 15 is 0 Å². The predicted octanol–water partition coefficient (Wildman–Crippen LogP) is 4.37. The largest absolute Gasteiger partial charge is 0.479 e. The lowest BCUT2D eigenvalue weighted by Gasteiger charge is -2.14. The number of nitrogens with zero attached hydrogens (tertiary/aromatic N) is 1. The average Bonchev–Trinajstić information content (AvgIpc) is 2.98. The second kappa shape index (κ2) is 9.71. The van der Waals surface area contributed by atoms with Crippen molar-refractivity contribution in [2.75, 3.05) is 6.54 Å². The molecule has 0 radical (unpaired) electrons. The molecule has 3 rings (SSSR count). The lowest BCUT2D eigenvalue weighted by atomic mass is 10.1. The summed E-state index contributed by atoms with van der Waals surface area (Å²) in [6.45, 7) is 2.29. The third kappa shape index (κ3) is 5.46. The highest BCUT2D eigenvalue weighted by molar-refractivity contribution is 8.26. The van der Waals surface area contributed by atoms with E-state index in [9.17, 15) is 9.59 Å². The fourth-order valence-electron chi connectivity index (χ4n) is 2.88. The molecule has 1 unspecified atom stereocenters. The summed E-state index contributed by atoms with van der Waals surface area (Å²) >= 11 is 6.67. The Balaban J connectivity index is 1.70. The molecule has 150 valence electrons. The summed E-state index contributed by atoms with van der Waals surface area (Å²) in [7, 11) is 0. The minimum atomic E-state index is -1.00. The smallest absolute Gasteiger partial charge is 0.344 e. The molecule has 1 aliphatic heterocycles. The SMILES string of the molecule is CCC(Oc1cccc(/C=C2/SC(=S)N(CCc3ccccc3)C2=O)c1)C(=O)O. The predicted molar refractivity (Wildman–Crippen MR) is 119 cm³/mol. The van der Waals surface area contributed by atoms with Crippen LogP contribution >= 0.6 is 24.0 Å². The number of carboxylic acids is 1. The van der Waals surface area contributed by atoms with Crippen molar-refractivity contribution in [3.8, 4) is 5.75 Å². The summed E-state index contributed by atoms with van der Waals surface area (Å²) in [6.07, 6.45) is 1.95. The number of thiocarbonyl (C=S) groups is 1. The molecule has 0 spiro atoms. The van der Waals surface area contributed by atoms with Crippen molar-refractivity contribution in [1.29, 1.82) is 0 Å². The van der Waals surface area contributed by atoms with Gasteiger partial charge in [-0.15, -0.1) is 0 Å². The maximum absolute atomic E-state index is 12.8. The Morgan fingerprint density at radius 1 is 1.24 bits per heavy atom. The summed E-state index contributed by atoms with van der Waals surface area (Å²) in [4.78, 5) is 26.1. The first kappa shape index (κ1) is 21.1. The van der Waals surface area contributed by atoms with Gasteiger partial charge in [0.25, 0.3) is 5.91 Å². The van der Waals surface area contributed by atoms with Crippen LogP contribution in [0.3, 0.4) is 0 Å². The lowest BCUT2D eigenvalue weighted by Crippen LogP contribution is -2.30. The van der Waals surface area contributed by atoms with Crippen LogP contribution in [0.4, 0.5) is 0 Å². The zero-order chi connectivity index (χ0) is 20.8. The molecule has 1 saturated heterocycles. The third-order valence-corrected chi connectivity index (χ3v) is 5.80. The first-order valence-corrected chi connectivity index (χ1v) is 10.5. The van der Waals surface area contributed by atoms with Crippen LogP contribution in [0.2, 0.25) is 0 Å². The van der Waals surface area contributed by atoms with Crippen LogP contribution in [0.15, 0.2) is 59.5 Å². The van der Waals surface area contributed by atoms with Crippen molar-refractivity contribution >= 4 is 46.3 Å². The summed E-state index contributed by atoms with van der Waals surface area (Å²) in [5.41, 5.74) is 1.91. The molecule has 0 bridgehead atoms. The van der Waals surface area contributed by atoms with Crippen molar-refractivity contribution in [3.63, 3.8) is 0 Å². The number of carbonyl (C=O) groups excluding carboxylic acids is 1. The van der Waals surface area contributed by atoms with Crippen LogP contribution in [0.1, 0.15) is 24.5 Å². The zero-order valence-electron chi connectivity index (χ0n) is 15.9. The molecule has 0 aromatic heterocycles. The fourth-order valence-corrected chi connectivity index (χ4v) is 4.19. The minimum absolute atomic E-state index is 0.112. The molecular weight excluding hydrogens is 406 g/mol. The Bertz CT molecular complexity index is 943. The van der Waals surface area contributed by atoms with Gasteiger partial charge in [0.05, 0.1) is 4.91 Å². The van der Waals surface area contributed by atoms with Gasteiger partial charge in [0.15, 0.2) is 6.10 Å². The Labute approximate surface area is 179 Å². The number of carboxylic acid groups (broad SMARTS) is 1. The van der Waals surface area contributed by atoms with Crippen molar-refractivity contribution in [3.05, 3.63) is 70.6 Å². The number of benzene rings is 2. The van der Waals surface area contributed by atoms with E-state index in [2.05, 4.69) is 0 Å². The standard InChI is InChI=1S/C22H21NO4S2/c1-2-18(21(25)26)27-17-10-6-9-16(13-17)14-19-20(24)23(22(28)29-19)12-11-15-7-4-3-5-8-15/h3-10,13-14,18H,2,11-12H2,1H3,(H,25,26)/b19-14+. The van der Waals surface area contributed by atoms with Crippen LogP contribution in [0, 0.1) is 0 Å². The Hall–Kier alpha value is -2.64. The Morgan fingerprint density at radius 3 is 2.69 bits per heavy atom. The molecule has 1 aliphatic rings. The van der Waals surface area contributed by atoms with Crippen LogP contribution < -0.4 is 4.74 Å². The number of aliphatic carboxylic acids is 1. The van der Waals surface area contributed by atoms with Gasteiger partial charge >= 0.3 is 5.97 Å². The molecule has 1 atom stereocenters. The summed E-state index contributed by atoms with van der Waals surface area (Å²) < 4.78 is 6.07. The Kier molecular flexibility index (Phi) is 7.06. The van der Waals surface area contributed by atoms with Gasteiger partial charge in [-0.1, -0.05) is 73.4 Å². The number of thioether (sulfide) groups is 1. The highest BCUT2D eigenvalue weighted by Crippen LogP contribution is 2.33. The van der Waals surface area contributed by atoms with Crippen molar-refractivity contribution in [2.45, 2.75) is 25.9 Å². The van der Waals surface area contributed by atoms with Crippen molar-refractivity contribution < 1.29 is 19.4 Å². The van der Waals surface area contributed by atoms with E-state index in [4.69, 9.17) is 22.1 Å². The van der Waals surface area contributed by atoms with Gasteiger partial charge in [0, 0.05) is 6.54 Å². The van der Waals surface area contributed by atoms with Crippen LogP contribution in [0.25, 0.3) is 6.08 Å². The highest BCUT2D eigenvalue weighted by atomic mass is 32.2. The molecule has 1 N–H and O–H groups in total. The number of carbonyl (C=O) groups is 2. The maximum atomic E-state index is 12.8. The molecule has 0 saturated carbocycles. The van der Waals surface area contributed by atoms with Crippen LogP contribution in [-0.2, 0) is 16.0 Å². The molecule has 5 nitrogen and oxygen atoms in total. The van der Waals surface area contributed by atoms with Gasteiger partial charge in [0.1, 0.15) is 10.1 Å². The fraction of sp³-hybridized carbons (Fsp3) is 0.227. The number of rotatable bonds is 8. The van der Waals surface area contributed by atoms with Gasteiger partial charge < -0.3 is 9.84 Å². The zero-order valence-corrected chi connectivity index (χ0v) is 17.5. The number of hydrogen-bond donors (Lipinski definition) is 1. The normalized spacial score (nSPS) is 16.3. The molecule has 29 heavy (non-hydrogen) atoms. The van der Waals surface area contributed by atoms with Gasteiger partial charge in [0.2, 0.25) is 0 Å². The molecule has 7 heteroatoms. The molecule has 1 heterocycles. The molecule has 2 aromatic rings. The van der Waals surface area contributed by atoms with Crippen LogP contribution in [0.5, 0.6) is 5.75 Å². The first-order valence-electron chi connectivity index (χ1n) is 9.26. The lowest BCUT2D eigenvalue weighted by molar-refractivity contribution is -0.145. The van der Waals surface area contributed by atoms with Gasteiger partial charge in [-0.2, -0.15) is 0 Å². The monoisotopic (exact) mass is 427 g/mol. The van der Waals surface area contributed by atoms with E-state index in [1.54, 1.807) is 36.1 Å². The van der Waals surface area contributed by atoms with Crippen molar-refractivity contribution in [1.82, 2.24) is 4.90 Å². The van der Waals surface area contributed by atoms with E-state index in [1.807, 2.05) is 36.4 Å². The Morgan fingerprint density at radius 2 is 2.00 bits per heavy atom. The van der Waals surface area contributed by atoms with E-state index in [1.165, 1.54) is 11.8 Å². The molecule has 1 fully saturated rings. The summed E-state index contributed by atoms with van der Waals surface area (Å²) in [6, 6.07) is 17.0. The maximum Gasteiger partial charge on any atom is 0.344 e. The molecule has 1 amide bonds. The summed E-state index contributed by atoms with van der Waals surface area (Å²) in [5, 5.41) is 9.15. The van der Waals surface area contributed by atoms with E-state index < -0.39 is 12.1 Å². The minimum Gasteiger partial charge on any atom is -0.479 e. The van der Waals surface area contributed by atoms with E-state index in [0.717, 1.165) is 17.5 Å². The molecule has 2 aromatic carbocycles. The number of amides is 1. The van der Waals surface area contributed by atoms with Gasteiger partial charge in [-0.05, 0) is 42.2 Å². The van der Waals surface area contributed by atoms with E-state index in [0.29, 0.717) is 27.9 Å². The number of hydrogen-bond acceptors (Lipinski definition) is 5. The molecular formula is C22H21NO4S2. The second-order valence-corrected chi connectivity index (χ2v) is 8.17. The quantitative estimate of drug-likeness (QED) is 0.498. The van der Waals surface area contributed by atoms with Crippen molar-refractivity contribution in [2.24, 2.45) is 0 Å². The van der Waals surface area contributed by atoms with Crippen LogP contribution in [-0.4, -0.2) is 38.9 Å². The average molecular weight is 428 g/mol.